The molecule has 0 saturated heterocycles. The van der Waals surface area contributed by atoms with Gasteiger partial charge in [-0.25, -0.2) is 4.79 Å². The third kappa shape index (κ3) is 2.78. The topological polar surface area (TPSA) is 71.2 Å². The summed E-state index contributed by atoms with van der Waals surface area (Å²) in [6.07, 6.45) is 4.60. The van der Waals surface area contributed by atoms with Crippen molar-refractivity contribution >= 4 is 23.4 Å². The molecule has 0 aromatic carbocycles. The van der Waals surface area contributed by atoms with Crippen molar-refractivity contribution in [2.24, 2.45) is 0 Å². The van der Waals surface area contributed by atoms with Crippen LogP contribution in [0.1, 0.15) is 16.3 Å². The molecule has 104 valence electrons. The minimum absolute atomic E-state index is 0.778. The van der Waals surface area contributed by atoms with E-state index in [1.807, 2.05) is 11.4 Å². The fourth-order valence-electron chi connectivity index (χ4n) is 2.24. The van der Waals surface area contributed by atoms with Crippen molar-refractivity contribution < 1.29 is 9.90 Å². The third-order valence-corrected chi connectivity index (χ3v) is 4.19. The summed E-state index contributed by atoms with van der Waals surface area (Å²) in [7, 11) is 0. The van der Waals surface area contributed by atoms with Crippen LogP contribution in [0.15, 0.2) is 23.8 Å². The van der Waals surface area contributed by atoms with Gasteiger partial charge >= 0.3 is 5.97 Å². The van der Waals surface area contributed by atoms with E-state index in [4.69, 9.17) is 5.11 Å². The summed E-state index contributed by atoms with van der Waals surface area (Å²) in [6, 6.07) is 1.95. The van der Waals surface area contributed by atoms with Gasteiger partial charge in [-0.1, -0.05) is 0 Å². The van der Waals surface area contributed by atoms with Crippen LogP contribution in [0.3, 0.4) is 0 Å². The second-order valence-electron chi connectivity index (χ2n) is 4.62. The number of thiophene rings is 1. The number of carboxylic acids is 1. The maximum absolute atomic E-state index is 10.6. The van der Waals surface area contributed by atoms with E-state index in [0.29, 0.717) is 0 Å². The molecule has 0 atom stereocenters. The number of aliphatic carboxylic acids is 1. The molecule has 3 heterocycles. The Morgan fingerprint density at radius 1 is 1.50 bits per heavy atom. The van der Waals surface area contributed by atoms with Crippen LogP contribution in [0.25, 0.3) is 6.08 Å². The molecule has 1 aliphatic rings. The second kappa shape index (κ2) is 5.56. The van der Waals surface area contributed by atoms with Gasteiger partial charge in [0.05, 0.1) is 6.54 Å². The van der Waals surface area contributed by atoms with E-state index in [-0.39, 0.29) is 0 Å². The molecule has 3 rings (SSSR count). The lowest BCUT2D eigenvalue weighted by Gasteiger charge is -2.26. The Bertz CT molecular complexity index is 646. The van der Waals surface area contributed by atoms with Crippen LogP contribution >= 0.6 is 11.3 Å². The monoisotopic (exact) mass is 290 g/mol. The summed E-state index contributed by atoms with van der Waals surface area (Å²) in [6.45, 7) is 3.43. The molecule has 2 aromatic heterocycles. The molecule has 2 aromatic rings. The van der Waals surface area contributed by atoms with Gasteiger partial charge < -0.3 is 9.67 Å². The van der Waals surface area contributed by atoms with Gasteiger partial charge in [0.2, 0.25) is 0 Å². The molecule has 0 radical (unpaired) electrons. The number of nitrogens with zero attached hydrogens (tertiary/aromatic N) is 4. The van der Waals surface area contributed by atoms with Gasteiger partial charge in [-0.2, -0.15) is 0 Å². The molecule has 0 unspecified atom stereocenters. The zero-order valence-corrected chi connectivity index (χ0v) is 11.6. The van der Waals surface area contributed by atoms with Crippen LogP contribution in [0.2, 0.25) is 0 Å². The number of hydrogen-bond donors (Lipinski definition) is 1. The zero-order chi connectivity index (χ0) is 13.9. The average molecular weight is 290 g/mol. The molecule has 0 saturated carbocycles. The zero-order valence-electron chi connectivity index (χ0n) is 10.8. The molecular formula is C13H14N4O2S. The highest BCUT2D eigenvalue weighted by Gasteiger charge is 2.18. The average Bonchev–Trinajstić information content (AvgIpc) is 3.04. The van der Waals surface area contributed by atoms with Crippen LogP contribution in [0.5, 0.6) is 0 Å². The Balaban J connectivity index is 1.70. The lowest BCUT2D eigenvalue weighted by atomic mass is 10.2. The minimum Gasteiger partial charge on any atom is -0.478 e. The van der Waals surface area contributed by atoms with Crippen LogP contribution < -0.4 is 0 Å². The smallest absolute Gasteiger partial charge is 0.328 e. The number of hydrogen-bond acceptors (Lipinski definition) is 5. The Hall–Kier alpha value is -1.99. The molecule has 0 fully saturated rings. The first kappa shape index (κ1) is 13.0. The lowest BCUT2D eigenvalue weighted by Crippen LogP contribution is -2.33. The standard InChI is InChI=1S/C13H14N4O2S/c18-13(19)2-1-10-3-6-20-11(10)7-16-4-5-17-9-14-15-12(17)8-16/h1-3,6,9H,4-5,7-8H2,(H,18,19). The normalized spacial score (nSPS) is 15.6. The summed E-state index contributed by atoms with van der Waals surface area (Å²) in [5.74, 6) is 0.0589. The highest BCUT2D eigenvalue weighted by atomic mass is 32.1. The van der Waals surface area contributed by atoms with E-state index in [1.165, 1.54) is 11.0 Å². The molecule has 0 aliphatic carbocycles. The minimum atomic E-state index is -0.923. The molecule has 1 aliphatic heterocycles. The third-order valence-electron chi connectivity index (χ3n) is 3.27. The van der Waals surface area contributed by atoms with E-state index in [2.05, 4.69) is 19.7 Å². The van der Waals surface area contributed by atoms with Crippen molar-refractivity contribution in [3.63, 3.8) is 0 Å². The molecular weight excluding hydrogens is 276 g/mol. The van der Waals surface area contributed by atoms with Gasteiger partial charge in [-0.3, -0.25) is 4.90 Å². The SMILES string of the molecule is O=C(O)C=Cc1ccsc1CN1CCn2cnnc2C1. The number of carboxylic acid groups (broad SMARTS) is 1. The summed E-state index contributed by atoms with van der Waals surface area (Å²) >= 11 is 1.65. The Labute approximate surface area is 120 Å². The Morgan fingerprint density at radius 2 is 2.40 bits per heavy atom. The fraction of sp³-hybridized carbons (Fsp3) is 0.308. The van der Waals surface area contributed by atoms with Gasteiger partial charge in [0, 0.05) is 30.6 Å². The van der Waals surface area contributed by atoms with Crippen molar-refractivity contribution in [1.29, 1.82) is 0 Å². The van der Waals surface area contributed by atoms with Crippen LogP contribution in [0.4, 0.5) is 0 Å². The van der Waals surface area contributed by atoms with E-state index >= 15 is 0 Å². The van der Waals surface area contributed by atoms with Crippen molar-refractivity contribution in [1.82, 2.24) is 19.7 Å². The molecule has 0 bridgehead atoms. The number of carbonyl (C=O) groups is 1. The molecule has 0 amide bonds. The van der Waals surface area contributed by atoms with Gasteiger partial charge in [0.15, 0.2) is 0 Å². The van der Waals surface area contributed by atoms with Crippen molar-refractivity contribution in [2.75, 3.05) is 6.54 Å². The summed E-state index contributed by atoms with van der Waals surface area (Å²) in [4.78, 5) is 14.1. The molecule has 6 nitrogen and oxygen atoms in total. The summed E-state index contributed by atoms with van der Waals surface area (Å²) < 4.78 is 2.07. The Kier molecular flexibility index (Phi) is 3.62. The number of aromatic nitrogens is 3. The van der Waals surface area contributed by atoms with Gasteiger partial charge in [-0.15, -0.1) is 21.5 Å². The number of fused-ring (bicyclic) bond motifs is 1. The molecule has 0 spiro atoms. The summed E-state index contributed by atoms with van der Waals surface area (Å²) in [5.41, 5.74) is 0.976. The predicted octanol–water partition coefficient (Wildman–Crippen LogP) is 1.45. The van der Waals surface area contributed by atoms with Gasteiger partial charge in [0.1, 0.15) is 12.2 Å². The van der Waals surface area contributed by atoms with Crippen LogP contribution in [-0.2, 0) is 24.4 Å². The van der Waals surface area contributed by atoms with Gasteiger partial charge in [0.25, 0.3) is 0 Å². The van der Waals surface area contributed by atoms with Crippen LogP contribution in [-0.4, -0.2) is 37.3 Å². The predicted molar refractivity (Wildman–Crippen MR) is 75.1 cm³/mol. The van der Waals surface area contributed by atoms with Gasteiger partial charge in [-0.05, 0) is 23.1 Å². The van der Waals surface area contributed by atoms with E-state index < -0.39 is 5.97 Å². The van der Waals surface area contributed by atoms with Crippen LogP contribution in [0, 0.1) is 0 Å². The van der Waals surface area contributed by atoms with E-state index in [1.54, 1.807) is 23.7 Å². The quantitative estimate of drug-likeness (QED) is 0.863. The first-order valence-corrected chi connectivity index (χ1v) is 7.17. The van der Waals surface area contributed by atoms with E-state index in [0.717, 1.165) is 37.6 Å². The van der Waals surface area contributed by atoms with Crippen molar-refractivity contribution in [3.8, 4) is 0 Å². The van der Waals surface area contributed by atoms with E-state index in [9.17, 15) is 4.79 Å². The fourth-order valence-corrected chi connectivity index (χ4v) is 3.15. The second-order valence-corrected chi connectivity index (χ2v) is 5.62. The maximum Gasteiger partial charge on any atom is 0.328 e. The largest absolute Gasteiger partial charge is 0.478 e. The molecule has 7 heteroatoms. The highest BCUT2D eigenvalue weighted by Crippen LogP contribution is 2.22. The first-order chi connectivity index (χ1) is 9.72. The van der Waals surface area contributed by atoms with Crippen molar-refractivity contribution in [2.45, 2.75) is 19.6 Å². The number of rotatable bonds is 4. The maximum atomic E-state index is 10.6. The Morgan fingerprint density at radius 3 is 3.25 bits per heavy atom. The first-order valence-electron chi connectivity index (χ1n) is 6.29. The molecule has 20 heavy (non-hydrogen) atoms. The highest BCUT2D eigenvalue weighted by molar-refractivity contribution is 7.10. The van der Waals surface area contributed by atoms with Crippen molar-refractivity contribution in [3.05, 3.63) is 40.1 Å². The lowest BCUT2D eigenvalue weighted by molar-refractivity contribution is -0.131. The molecule has 1 N–H and O–H groups in total. The summed E-state index contributed by atoms with van der Waals surface area (Å²) in [5, 5.41) is 18.7.